The van der Waals surface area contributed by atoms with E-state index < -0.39 is 24.3 Å². The van der Waals surface area contributed by atoms with Gasteiger partial charge in [-0.05, 0) is 6.08 Å². The number of amides is 1. The zero-order valence-corrected chi connectivity index (χ0v) is 6.19. The van der Waals surface area contributed by atoms with Crippen molar-refractivity contribution in [1.29, 1.82) is 0 Å². The molecule has 0 rings (SSSR count). The Morgan fingerprint density at radius 3 is 1.50 bits per heavy atom. The van der Waals surface area contributed by atoms with Crippen LogP contribution in [0.25, 0.3) is 0 Å². The number of aliphatic carboxylic acids is 2. The van der Waals surface area contributed by atoms with E-state index >= 15 is 0 Å². The van der Waals surface area contributed by atoms with Crippen molar-refractivity contribution >= 4 is 17.8 Å². The van der Waals surface area contributed by atoms with Crippen LogP contribution in [0.15, 0.2) is 12.7 Å². The number of nitrogens with two attached hydrogens (primary N) is 1. The predicted molar refractivity (Wildman–Crippen MR) is 39.3 cm³/mol. The van der Waals surface area contributed by atoms with Crippen molar-refractivity contribution in [2.75, 3.05) is 0 Å². The van der Waals surface area contributed by atoms with Gasteiger partial charge in [0, 0.05) is 0 Å². The van der Waals surface area contributed by atoms with Gasteiger partial charge in [-0.15, -0.1) is 0 Å². The van der Waals surface area contributed by atoms with Gasteiger partial charge in [-0.1, -0.05) is 6.58 Å². The summed E-state index contributed by atoms with van der Waals surface area (Å²) in [5.41, 5.74) is 4.53. The molecular weight excluding hydrogens is 166 g/mol. The molecule has 68 valence electrons. The van der Waals surface area contributed by atoms with Crippen LogP contribution in [0, 0.1) is 0 Å². The first-order chi connectivity index (χ1) is 5.40. The Hall–Kier alpha value is -1.85. The molecule has 0 aromatic rings. The summed E-state index contributed by atoms with van der Waals surface area (Å²) in [6.45, 7) is 3.09. The average molecular weight is 175 g/mol. The van der Waals surface area contributed by atoms with Gasteiger partial charge < -0.3 is 15.9 Å². The molecular formula is C6H9NO5. The average Bonchev–Trinajstić information content (AvgIpc) is 1.85. The van der Waals surface area contributed by atoms with E-state index in [9.17, 15) is 14.4 Å². The Morgan fingerprint density at radius 2 is 1.50 bits per heavy atom. The lowest BCUT2D eigenvalue weighted by Crippen LogP contribution is -2.04. The molecule has 0 saturated heterocycles. The summed E-state index contributed by atoms with van der Waals surface area (Å²) < 4.78 is 0. The van der Waals surface area contributed by atoms with Crippen molar-refractivity contribution in [3.63, 3.8) is 0 Å². The van der Waals surface area contributed by atoms with Crippen molar-refractivity contribution in [3.8, 4) is 0 Å². The molecule has 0 spiro atoms. The summed E-state index contributed by atoms with van der Waals surface area (Å²) in [5.74, 6) is -3.11. The molecule has 0 unspecified atom stereocenters. The zero-order valence-electron chi connectivity index (χ0n) is 6.19. The van der Waals surface area contributed by atoms with E-state index in [1.54, 1.807) is 0 Å². The standard InChI is InChI=1S/C3H5NO.C3H4O4/c1-2-3(4)5;4-2(5)1-3(6)7/h2H,1H2,(H2,4,5);1H2,(H,4,5)(H,6,7). The SMILES string of the molecule is C=CC(N)=O.O=C(O)CC(=O)O. The molecule has 12 heavy (non-hydrogen) atoms. The van der Waals surface area contributed by atoms with Crippen molar-refractivity contribution in [2.24, 2.45) is 5.73 Å². The first-order valence-electron chi connectivity index (χ1n) is 2.75. The minimum atomic E-state index is -1.31. The van der Waals surface area contributed by atoms with Gasteiger partial charge >= 0.3 is 11.9 Å². The minimum Gasteiger partial charge on any atom is -0.481 e. The highest BCUT2D eigenvalue weighted by Gasteiger charge is 2.01. The minimum absolute atomic E-state index is 0.481. The normalized spacial score (nSPS) is 7.33. The van der Waals surface area contributed by atoms with Crippen LogP contribution in [-0.2, 0) is 14.4 Å². The maximum Gasteiger partial charge on any atom is 0.314 e. The van der Waals surface area contributed by atoms with E-state index in [2.05, 4.69) is 12.3 Å². The molecule has 0 heterocycles. The van der Waals surface area contributed by atoms with Gasteiger partial charge in [-0.3, -0.25) is 14.4 Å². The number of hydrogen-bond donors (Lipinski definition) is 3. The highest BCUT2D eigenvalue weighted by Crippen LogP contribution is 1.74. The molecule has 0 bridgehead atoms. The van der Waals surface area contributed by atoms with Crippen LogP contribution in [0.3, 0.4) is 0 Å². The molecule has 0 saturated carbocycles. The largest absolute Gasteiger partial charge is 0.481 e. The van der Waals surface area contributed by atoms with Gasteiger partial charge in [0.25, 0.3) is 0 Å². The maximum absolute atomic E-state index is 9.47. The molecule has 0 aromatic heterocycles. The monoisotopic (exact) mass is 175 g/mol. The third-order valence-corrected chi connectivity index (χ3v) is 0.504. The van der Waals surface area contributed by atoms with Gasteiger partial charge in [0.1, 0.15) is 6.42 Å². The Bertz CT molecular complexity index is 186. The summed E-state index contributed by atoms with van der Waals surface area (Å²) in [4.78, 5) is 28.3. The number of hydrogen-bond acceptors (Lipinski definition) is 3. The highest BCUT2D eigenvalue weighted by atomic mass is 16.4. The van der Waals surface area contributed by atoms with E-state index in [4.69, 9.17) is 10.2 Å². The maximum atomic E-state index is 9.47. The Kier molecular flexibility index (Phi) is 7.74. The van der Waals surface area contributed by atoms with Crippen LogP contribution >= 0.6 is 0 Å². The van der Waals surface area contributed by atoms with Gasteiger partial charge in [-0.2, -0.15) is 0 Å². The lowest BCUT2D eigenvalue weighted by molar-refractivity contribution is -0.147. The molecule has 0 aliphatic heterocycles. The second kappa shape index (κ2) is 7.26. The summed E-state index contributed by atoms with van der Waals surface area (Å²) in [6.07, 6.45) is 0.250. The van der Waals surface area contributed by atoms with Crippen LogP contribution < -0.4 is 5.73 Å². The first kappa shape index (κ1) is 12.8. The van der Waals surface area contributed by atoms with Crippen LogP contribution in [0.1, 0.15) is 6.42 Å². The van der Waals surface area contributed by atoms with E-state index in [0.29, 0.717) is 0 Å². The number of carboxylic acids is 2. The summed E-state index contributed by atoms with van der Waals surface area (Å²) in [7, 11) is 0. The number of carbonyl (C=O) groups is 3. The van der Waals surface area contributed by atoms with Crippen molar-refractivity contribution in [3.05, 3.63) is 12.7 Å². The quantitative estimate of drug-likeness (QED) is 0.383. The Morgan fingerprint density at radius 1 is 1.25 bits per heavy atom. The van der Waals surface area contributed by atoms with Crippen LogP contribution in [0.2, 0.25) is 0 Å². The van der Waals surface area contributed by atoms with Gasteiger partial charge in [0.05, 0.1) is 0 Å². The predicted octanol–water partition coefficient (Wildman–Crippen LogP) is -0.797. The number of primary amides is 1. The molecule has 0 radical (unpaired) electrons. The van der Waals surface area contributed by atoms with Crippen molar-refractivity contribution in [2.45, 2.75) is 6.42 Å². The molecule has 0 atom stereocenters. The van der Waals surface area contributed by atoms with Crippen LogP contribution in [0.5, 0.6) is 0 Å². The van der Waals surface area contributed by atoms with Crippen molar-refractivity contribution in [1.82, 2.24) is 0 Å². The number of carbonyl (C=O) groups excluding carboxylic acids is 1. The number of carboxylic acid groups (broad SMARTS) is 2. The molecule has 0 fully saturated rings. The third-order valence-electron chi connectivity index (χ3n) is 0.504. The third kappa shape index (κ3) is 24.2. The summed E-state index contributed by atoms with van der Waals surface area (Å²) in [5, 5.41) is 15.4. The van der Waals surface area contributed by atoms with E-state index in [1.807, 2.05) is 0 Å². The highest BCUT2D eigenvalue weighted by molar-refractivity contribution is 5.88. The Balaban J connectivity index is 0. The summed E-state index contributed by atoms with van der Waals surface area (Å²) >= 11 is 0. The molecule has 0 aliphatic carbocycles. The lowest BCUT2D eigenvalue weighted by Gasteiger charge is -1.80. The van der Waals surface area contributed by atoms with E-state index in [1.165, 1.54) is 0 Å². The second-order valence-electron chi connectivity index (χ2n) is 1.57. The molecule has 0 aliphatic rings. The topological polar surface area (TPSA) is 118 Å². The van der Waals surface area contributed by atoms with Crippen LogP contribution in [0.4, 0.5) is 0 Å². The van der Waals surface area contributed by atoms with Gasteiger partial charge in [0.2, 0.25) is 5.91 Å². The number of rotatable bonds is 3. The summed E-state index contributed by atoms with van der Waals surface area (Å²) in [6, 6.07) is 0. The zero-order chi connectivity index (χ0) is 10.1. The fourth-order valence-corrected chi connectivity index (χ4v) is 0.129. The smallest absolute Gasteiger partial charge is 0.314 e. The molecule has 1 amide bonds. The van der Waals surface area contributed by atoms with E-state index in [-0.39, 0.29) is 0 Å². The van der Waals surface area contributed by atoms with Crippen molar-refractivity contribution < 1.29 is 24.6 Å². The molecule has 0 aromatic carbocycles. The van der Waals surface area contributed by atoms with Gasteiger partial charge in [-0.25, -0.2) is 0 Å². The van der Waals surface area contributed by atoms with Gasteiger partial charge in [0.15, 0.2) is 0 Å². The fraction of sp³-hybridized carbons (Fsp3) is 0.167. The molecule has 6 heteroatoms. The second-order valence-corrected chi connectivity index (χ2v) is 1.57. The molecule has 6 nitrogen and oxygen atoms in total. The fourth-order valence-electron chi connectivity index (χ4n) is 0.129. The molecule has 4 N–H and O–H groups in total. The Labute approximate surface area is 68.3 Å². The lowest BCUT2D eigenvalue weighted by atomic mass is 10.5. The van der Waals surface area contributed by atoms with Crippen LogP contribution in [-0.4, -0.2) is 28.1 Å². The first-order valence-corrected chi connectivity index (χ1v) is 2.75. The van der Waals surface area contributed by atoms with E-state index in [0.717, 1.165) is 6.08 Å².